The van der Waals surface area contributed by atoms with Gasteiger partial charge in [-0.2, -0.15) is 0 Å². The minimum atomic E-state index is -0.390. The second-order valence-corrected chi connectivity index (χ2v) is 8.15. The van der Waals surface area contributed by atoms with E-state index in [1.807, 2.05) is 24.3 Å². The monoisotopic (exact) mass is 395 g/mol. The van der Waals surface area contributed by atoms with Crippen LogP contribution in [0.25, 0.3) is 11.1 Å². The molecule has 1 aliphatic heterocycles. The second-order valence-electron chi connectivity index (χ2n) is 8.15. The minimum absolute atomic E-state index is 0.00617. The number of anilines is 1. The Morgan fingerprint density at radius 3 is 2.79 bits per heavy atom. The number of hydrogen-bond donors (Lipinski definition) is 2. The summed E-state index contributed by atoms with van der Waals surface area (Å²) >= 11 is 0. The van der Waals surface area contributed by atoms with Gasteiger partial charge in [-0.25, -0.2) is 9.78 Å². The first-order chi connectivity index (χ1) is 14.2. The molecule has 0 unspecified atom stereocenters. The predicted molar refractivity (Wildman–Crippen MR) is 109 cm³/mol. The standard InChI is InChI=1S/C21H25N5O3/c27-18-10-15-13-25(7-8-26-17-3-1-2-4-19(17)29-21(26)28)12-14(15)9-16(18)24-20-11-22-5-6-23-20/h1-6,11,14-16,18,27H,7-10,12-13H2,(H,23,24)/t14-,15+,16-,18-/m1/s1. The minimum Gasteiger partial charge on any atom is -0.408 e. The molecule has 2 aliphatic rings. The van der Waals surface area contributed by atoms with E-state index in [1.54, 1.807) is 23.2 Å². The molecule has 8 heteroatoms. The third-order valence-electron chi connectivity index (χ3n) is 6.33. The van der Waals surface area contributed by atoms with Crippen molar-refractivity contribution in [3.63, 3.8) is 0 Å². The number of fused-ring (bicyclic) bond motifs is 2. The Morgan fingerprint density at radius 2 is 1.97 bits per heavy atom. The van der Waals surface area contributed by atoms with Gasteiger partial charge in [0, 0.05) is 38.6 Å². The van der Waals surface area contributed by atoms with Crippen molar-refractivity contribution in [2.75, 3.05) is 25.0 Å². The molecule has 0 spiro atoms. The Labute approximate surface area is 168 Å². The number of aliphatic hydroxyl groups is 1. The van der Waals surface area contributed by atoms with Gasteiger partial charge in [0.1, 0.15) is 5.82 Å². The van der Waals surface area contributed by atoms with Crippen LogP contribution in [0.1, 0.15) is 12.8 Å². The van der Waals surface area contributed by atoms with Crippen LogP contribution in [0.4, 0.5) is 5.82 Å². The smallest absolute Gasteiger partial charge is 0.408 e. The zero-order valence-electron chi connectivity index (χ0n) is 16.1. The molecule has 4 atom stereocenters. The van der Waals surface area contributed by atoms with Crippen molar-refractivity contribution in [1.29, 1.82) is 0 Å². The van der Waals surface area contributed by atoms with Gasteiger partial charge in [-0.15, -0.1) is 0 Å². The highest BCUT2D eigenvalue weighted by molar-refractivity contribution is 5.72. The maximum Gasteiger partial charge on any atom is 0.419 e. The highest BCUT2D eigenvalue weighted by atomic mass is 16.4. The summed E-state index contributed by atoms with van der Waals surface area (Å²) in [5.74, 6) is 1.43. The summed E-state index contributed by atoms with van der Waals surface area (Å²) in [6, 6.07) is 7.53. The van der Waals surface area contributed by atoms with Crippen LogP contribution in [0, 0.1) is 11.8 Å². The first-order valence-corrected chi connectivity index (χ1v) is 10.2. The van der Waals surface area contributed by atoms with Crippen LogP contribution < -0.4 is 11.1 Å². The van der Waals surface area contributed by atoms with E-state index in [4.69, 9.17) is 4.42 Å². The predicted octanol–water partition coefficient (Wildman–Crippen LogP) is 1.57. The fourth-order valence-corrected chi connectivity index (χ4v) is 4.90. The van der Waals surface area contributed by atoms with Gasteiger partial charge in [-0.05, 0) is 36.8 Å². The van der Waals surface area contributed by atoms with E-state index in [0.29, 0.717) is 29.8 Å². The summed E-state index contributed by atoms with van der Waals surface area (Å²) < 4.78 is 7.04. The third-order valence-corrected chi connectivity index (χ3v) is 6.33. The average molecular weight is 395 g/mol. The molecule has 152 valence electrons. The Bertz CT molecular complexity index is 1030. The van der Waals surface area contributed by atoms with Gasteiger partial charge in [0.15, 0.2) is 5.58 Å². The molecule has 0 bridgehead atoms. The first-order valence-electron chi connectivity index (χ1n) is 10.2. The fraction of sp³-hybridized carbons (Fsp3) is 0.476. The van der Waals surface area contributed by atoms with Gasteiger partial charge < -0.3 is 19.7 Å². The van der Waals surface area contributed by atoms with Crippen LogP contribution in [0.3, 0.4) is 0 Å². The Kier molecular flexibility index (Phi) is 4.81. The van der Waals surface area contributed by atoms with Crippen molar-refractivity contribution >= 4 is 16.9 Å². The molecular formula is C21H25N5O3. The molecule has 1 aromatic carbocycles. The van der Waals surface area contributed by atoms with Crippen LogP contribution >= 0.6 is 0 Å². The molecule has 0 radical (unpaired) electrons. The lowest BCUT2D eigenvalue weighted by Crippen LogP contribution is -2.43. The van der Waals surface area contributed by atoms with Crippen molar-refractivity contribution < 1.29 is 9.52 Å². The lowest BCUT2D eigenvalue weighted by atomic mass is 9.77. The number of aliphatic hydroxyl groups excluding tert-OH is 1. The lowest BCUT2D eigenvalue weighted by molar-refractivity contribution is 0.0735. The molecule has 0 amide bonds. The number of aromatic nitrogens is 3. The number of hydrogen-bond acceptors (Lipinski definition) is 7. The molecule has 2 N–H and O–H groups in total. The number of likely N-dealkylation sites (tertiary alicyclic amines) is 1. The fourth-order valence-electron chi connectivity index (χ4n) is 4.90. The van der Waals surface area contributed by atoms with E-state index in [9.17, 15) is 9.90 Å². The molecule has 1 aliphatic carbocycles. The average Bonchev–Trinajstić information content (AvgIpc) is 3.26. The number of benzene rings is 1. The van der Waals surface area contributed by atoms with E-state index in [2.05, 4.69) is 20.2 Å². The molecule has 1 saturated heterocycles. The van der Waals surface area contributed by atoms with E-state index >= 15 is 0 Å². The summed E-state index contributed by atoms with van der Waals surface area (Å²) in [6.45, 7) is 3.36. The Morgan fingerprint density at radius 1 is 1.14 bits per heavy atom. The SMILES string of the molecule is O=c1oc2ccccc2n1CCN1C[C@H]2C[C@@H](Nc3cnccn3)[C@H](O)C[C@H]2C1. The van der Waals surface area contributed by atoms with E-state index < -0.39 is 6.10 Å². The number of nitrogens with zero attached hydrogens (tertiary/aromatic N) is 4. The van der Waals surface area contributed by atoms with Gasteiger partial charge in [-0.1, -0.05) is 12.1 Å². The molecule has 3 aromatic rings. The molecule has 29 heavy (non-hydrogen) atoms. The zero-order valence-corrected chi connectivity index (χ0v) is 16.1. The molecule has 1 saturated carbocycles. The van der Waals surface area contributed by atoms with E-state index in [0.717, 1.165) is 38.0 Å². The van der Waals surface area contributed by atoms with Gasteiger partial charge in [0.25, 0.3) is 0 Å². The van der Waals surface area contributed by atoms with Crippen LogP contribution in [0.15, 0.2) is 52.1 Å². The molecule has 8 nitrogen and oxygen atoms in total. The van der Waals surface area contributed by atoms with Gasteiger partial charge in [-0.3, -0.25) is 9.55 Å². The highest BCUT2D eigenvalue weighted by Crippen LogP contribution is 2.37. The summed E-state index contributed by atoms with van der Waals surface area (Å²) in [4.78, 5) is 22.9. The Hall–Kier alpha value is -2.71. The number of rotatable bonds is 5. The second kappa shape index (κ2) is 7.61. The summed E-state index contributed by atoms with van der Waals surface area (Å²) in [5.41, 5.74) is 1.48. The maximum atomic E-state index is 12.2. The number of oxazole rings is 1. The van der Waals surface area contributed by atoms with E-state index in [1.165, 1.54) is 0 Å². The molecule has 2 aromatic heterocycles. The van der Waals surface area contributed by atoms with Crippen LogP contribution in [-0.4, -0.2) is 56.3 Å². The number of nitrogens with one attached hydrogen (secondary N) is 1. The topological polar surface area (TPSA) is 96.4 Å². The van der Waals surface area contributed by atoms with Crippen LogP contribution in [0.5, 0.6) is 0 Å². The molecule has 3 heterocycles. The quantitative estimate of drug-likeness (QED) is 0.677. The van der Waals surface area contributed by atoms with Crippen LogP contribution in [0.2, 0.25) is 0 Å². The van der Waals surface area contributed by atoms with Crippen molar-refractivity contribution in [3.8, 4) is 0 Å². The van der Waals surface area contributed by atoms with Gasteiger partial charge in [0.2, 0.25) is 0 Å². The molecule has 2 fully saturated rings. The van der Waals surface area contributed by atoms with Crippen molar-refractivity contribution in [2.45, 2.75) is 31.5 Å². The summed E-state index contributed by atoms with van der Waals surface area (Å²) in [7, 11) is 0. The summed E-state index contributed by atoms with van der Waals surface area (Å²) in [5, 5.41) is 14.0. The normalized spacial score (nSPS) is 27.2. The van der Waals surface area contributed by atoms with Crippen molar-refractivity contribution in [3.05, 3.63) is 53.4 Å². The molecule has 5 rings (SSSR count). The third kappa shape index (κ3) is 3.65. The van der Waals surface area contributed by atoms with Gasteiger partial charge >= 0.3 is 5.76 Å². The maximum absolute atomic E-state index is 12.2. The summed E-state index contributed by atoms with van der Waals surface area (Å²) in [6.07, 6.45) is 6.29. The Balaban J connectivity index is 1.22. The van der Waals surface area contributed by atoms with Crippen LogP contribution in [-0.2, 0) is 6.54 Å². The van der Waals surface area contributed by atoms with E-state index in [-0.39, 0.29) is 11.8 Å². The first kappa shape index (κ1) is 18.3. The zero-order chi connectivity index (χ0) is 19.8. The van der Waals surface area contributed by atoms with Gasteiger partial charge in [0.05, 0.1) is 23.9 Å². The lowest BCUT2D eigenvalue weighted by Gasteiger charge is -2.35. The molecular weight excluding hydrogens is 370 g/mol. The highest BCUT2D eigenvalue weighted by Gasteiger charge is 2.41. The van der Waals surface area contributed by atoms with Crippen molar-refractivity contribution in [1.82, 2.24) is 19.4 Å². The number of para-hydroxylation sites is 2. The largest absolute Gasteiger partial charge is 0.419 e. The van der Waals surface area contributed by atoms with Crippen molar-refractivity contribution in [2.24, 2.45) is 11.8 Å².